The lowest BCUT2D eigenvalue weighted by Crippen LogP contribution is -2.12. The van der Waals surface area contributed by atoms with Crippen LogP contribution in [0.25, 0.3) is 0 Å². The van der Waals surface area contributed by atoms with E-state index in [0.29, 0.717) is 6.07 Å². The number of non-ortho nitro benzene ring substituents is 1. The van der Waals surface area contributed by atoms with Gasteiger partial charge in [-0.15, -0.1) is 0 Å². The fourth-order valence-electron chi connectivity index (χ4n) is 2.31. The van der Waals surface area contributed by atoms with Crippen molar-refractivity contribution in [2.75, 3.05) is 5.32 Å². The molecule has 0 amide bonds. The zero-order chi connectivity index (χ0) is 20.5. The second kappa shape index (κ2) is 6.86. The number of halogens is 3. The van der Waals surface area contributed by atoms with Crippen LogP contribution in [-0.2, 0) is 6.18 Å². The fraction of sp³-hybridized carbons (Fsp3) is 0.143. The lowest BCUT2D eigenvalue weighted by Gasteiger charge is -2.16. The van der Waals surface area contributed by atoms with Crippen molar-refractivity contribution in [1.82, 2.24) is 0 Å². The molecule has 0 aliphatic rings. The molecule has 13 heteroatoms. The van der Waals surface area contributed by atoms with E-state index in [9.17, 15) is 43.5 Å². The van der Waals surface area contributed by atoms with Gasteiger partial charge < -0.3 is 5.32 Å². The summed E-state index contributed by atoms with van der Waals surface area (Å²) in [5, 5.41) is 35.3. The molecule has 0 atom stereocenters. The van der Waals surface area contributed by atoms with Crippen molar-refractivity contribution in [3.05, 3.63) is 71.8 Å². The minimum absolute atomic E-state index is 0.124. The van der Waals surface area contributed by atoms with Gasteiger partial charge in [-0.3, -0.25) is 30.3 Å². The Labute approximate surface area is 147 Å². The Bertz CT molecular complexity index is 961. The van der Waals surface area contributed by atoms with E-state index in [1.54, 1.807) is 0 Å². The van der Waals surface area contributed by atoms with Crippen molar-refractivity contribution in [3.8, 4) is 0 Å². The molecule has 2 rings (SSSR count). The molecule has 10 nitrogen and oxygen atoms in total. The second-order valence-electron chi connectivity index (χ2n) is 5.25. The molecule has 2 aromatic carbocycles. The van der Waals surface area contributed by atoms with Crippen molar-refractivity contribution >= 4 is 28.4 Å². The number of nitrogens with zero attached hydrogens (tertiary/aromatic N) is 3. The first kappa shape index (κ1) is 19.6. The van der Waals surface area contributed by atoms with Crippen molar-refractivity contribution in [1.29, 1.82) is 0 Å². The van der Waals surface area contributed by atoms with Crippen LogP contribution in [0.4, 0.5) is 41.6 Å². The molecule has 0 aliphatic heterocycles. The summed E-state index contributed by atoms with van der Waals surface area (Å²) >= 11 is 0. The third-order valence-electron chi connectivity index (χ3n) is 3.51. The second-order valence-corrected chi connectivity index (χ2v) is 5.25. The summed E-state index contributed by atoms with van der Waals surface area (Å²) in [5.74, 6) is 0. The van der Waals surface area contributed by atoms with E-state index in [1.807, 2.05) is 0 Å². The summed E-state index contributed by atoms with van der Waals surface area (Å²) in [6, 6.07) is 4.11. The number of alkyl halides is 3. The van der Waals surface area contributed by atoms with Gasteiger partial charge in [0.2, 0.25) is 0 Å². The highest BCUT2D eigenvalue weighted by Crippen LogP contribution is 2.45. The Morgan fingerprint density at radius 1 is 0.889 bits per heavy atom. The Balaban J connectivity index is 2.82. The quantitative estimate of drug-likeness (QED) is 0.589. The number of nitro groups is 3. The topological polar surface area (TPSA) is 141 Å². The summed E-state index contributed by atoms with van der Waals surface area (Å²) in [4.78, 5) is 29.8. The van der Waals surface area contributed by atoms with Crippen molar-refractivity contribution in [3.63, 3.8) is 0 Å². The lowest BCUT2D eigenvalue weighted by atomic mass is 10.1. The maximum atomic E-state index is 13.4. The first-order valence-electron chi connectivity index (χ1n) is 6.98. The number of aryl methyl sites for hydroxylation is 1. The largest absolute Gasteiger partial charge is 0.418 e. The van der Waals surface area contributed by atoms with Gasteiger partial charge in [0.05, 0.1) is 26.4 Å². The van der Waals surface area contributed by atoms with Crippen LogP contribution in [0, 0.1) is 37.3 Å². The van der Waals surface area contributed by atoms with Crippen LogP contribution >= 0.6 is 0 Å². The van der Waals surface area contributed by atoms with E-state index < -0.39 is 54.9 Å². The molecular weight excluding hydrogens is 377 g/mol. The minimum Gasteiger partial charge on any atom is -0.344 e. The van der Waals surface area contributed by atoms with Gasteiger partial charge >= 0.3 is 6.18 Å². The van der Waals surface area contributed by atoms with Gasteiger partial charge in [0.15, 0.2) is 0 Å². The third kappa shape index (κ3) is 3.91. The number of para-hydroxylation sites is 1. The van der Waals surface area contributed by atoms with Crippen LogP contribution < -0.4 is 5.32 Å². The van der Waals surface area contributed by atoms with Crippen LogP contribution in [0.5, 0.6) is 0 Å². The number of benzene rings is 2. The van der Waals surface area contributed by atoms with Crippen LogP contribution in [0.15, 0.2) is 30.3 Å². The molecule has 142 valence electrons. The number of nitro benzene ring substituents is 3. The van der Waals surface area contributed by atoms with Gasteiger partial charge in [0, 0.05) is 12.1 Å². The van der Waals surface area contributed by atoms with Gasteiger partial charge in [0.1, 0.15) is 11.4 Å². The average Bonchev–Trinajstić information content (AvgIpc) is 2.54. The molecule has 0 saturated carbocycles. The van der Waals surface area contributed by atoms with Crippen LogP contribution in [-0.4, -0.2) is 14.8 Å². The van der Waals surface area contributed by atoms with Gasteiger partial charge in [-0.25, -0.2) is 0 Å². The highest BCUT2D eigenvalue weighted by Gasteiger charge is 2.40. The minimum atomic E-state index is -5.20. The zero-order valence-corrected chi connectivity index (χ0v) is 13.3. The molecule has 0 unspecified atom stereocenters. The number of nitrogens with one attached hydrogen (secondary N) is 1. The van der Waals surface area contributed by atoms with E-state index in [-0.39, 0.29) is 11.6 Å². The van der Waals surface area contributed by atoms with Gasteiger partial charge in [-0.1, -0.05) is 12.1 Å². The average molecular weight is 386 g/mol. The van der Waals surface area contributed by atoms with Gasteiger partial charge in [0.25, 0.3) is 17.1 Å². The van der Waals surface area contributed by atoms with Gasteiger partial charge in [-0.05, 0) is 12.5 Å². The molecule has 0 bridgehead atoms. The van der Waals surface area contributed by atoms with Crippen LogP contribution in [0.1, 0.15) is 11.1 Å². The normalized spacial score (nSPS) is 11.1. The van der Waals surface area contributed by atoms with Crippen molar-refractivity contribution < 1.29 is 27.9 Å². The molecular formula is C14H9F3N4O6. The lowest BCUT2D eigenvalue weighted by molar-refractivity contribution is -0.394. The summed E-state index contributed by atoms with van der Waals surface area (Å²) in [6.45, 7) is 1.35. The number of rotatable bonds is 5. The molecule has 2 aromatic rings. The van der Waals surface area contributed by atoms with Crippen LogP contribution in [0.2, 0.25) is 0 Å². The van der Waals surface area contributed by atoms with E-state index >= 15 is 0 Å². The highest BCUT2D eigenvalue weighted by atomic mass is 19.4. The maximum Gasteiger partial charge on any atom is 0.418 e. The number of anilines is 2. The van der Waals surface area contributed by atoms with E-state index in [4.69, 9.17) is 0 Å². The predicted octanol–water partition coefficient (Wildman–Crippen LogP) is 4.48. The maximum absolute atomic E-state index is 13.4. The first-order chi connectivity index (χ1) is 12.4. The molecule has 0 heterocycles. The Morgan fingerprint density at radius 2 is 1.48 bits per heavy atom. The van der Waals surface area contributed by atoms with Gasteiger partial charge in [-0.2, -0.15) is 13.2 Å². The Hall–Kier alpha value is -3.77. The molecule has 0 aromatic heterocycles. The summed E-state index contributed by atoms with van der Waals surface area (Å²) < 4.78 is 40.1. The molecule has 0 saturated heterocycles. The molecule has 0 radical (unpaired) electrons. The van der Waals surface area contributed by atoms with Crippen LogP contribution in [0.3, 0.4) is 0 Å². The number of hydrogen-bond donors (Lipinski definition) is 1. The van der Waals surface area contributed by atoms with Crippen molar-refractivity contribution in [2.45, 2.75) is 13.1 Å². The standard InChI is InChI=1S/C14H9F3N4O6/c1-7-3-2-4-10(20(24)25)12(7)18-13-9(14(15,16)17)5-8(19(22)23)6-11(13)21(26)27/h2-6,18H,1H3. The summed E-state index contributed by atoms with van der Waals surface area (Å²) in [6.07, 6.45) is -5.20. The molecule has 0 spiro atoms. The highest BCUT2D eigenvalue weighted by molar-refractivity contribution is 5.81. The van der Waals surface area contributed by atoms with E-state index in [1.165, 1.54) is 19.1 Å². The van der Waals surface area contributed by atoms with E-state index in [0.717, 1.165) is 6.07 Å². The Kier molecular flexibility index (Phi) is 4.96. The zero-order valence-electron chi connectivity index (χ0n) is 13.3. The molecule has 0 fully saturated rings. The predicted molar refractivity (Wildman–Crippen MR) is 85.9 cm³/mol. The summed E-state index contributed by atoms with van der Waals surface area (Å²) in [5.41, 5.74) is -6.07. The van der Waals surface area contributed by atoms with E-state index in [2.05, 4.69) is 5.32 Å². The first-order valence-corrected chi connectivity index (χ1v) is 6.98. The molecule has 27 heavy (non-hydrogen) atoms. The molecule has 0 aliphatic carbocycles. The van der Waals surface area contributed by atoms with Crippen molar-refractivity contribution in [2.24, 2.45) is 0 Å². The number of hydrogen-bond acceptors (Lipinski definition) is 7. The fourth-order valence-corrected chi connectivity index (χ4v) is 2.31. The summed E-state index contributed by atoms with van der Waals surface area (Å²) in [7, 11) is 0. The monoisotopic (exact) mass is 386 g/mol. The smallest absolute Gasteiger partial charge is 0.344 e. The SMILES string of the molecule is Cc1cccc([N+](=O)[O-])c1Nc1c([N+](=O)[O-])cc([N+](=O)[O-])cc1C(F)(F)F. The third-order valence-corrected chi connectivity index (χ3v) is 3.51. The molecule has 1 N–H and O–H groups in total. The Morgan fingerprint density at radius 3 is 1.96 bits per heavy atom.